The first-order valence-corrected chi connectivity index (χ1v) is 15.0. The standard InChI is InChI=1S/C36H33ClN2O6/c1-23-22-39(35(42)38-34(23)41)31-21-29(40)32(45-31)33(44-30-16-10-9-15-28(30)37)36(24-11-5-3-6-12-24,25-13-7-4-8-14-25)26-17-19-27(43-2)20-18-26/h3-20,22,29,31-33,40H,21H2,1-2H3,(H,38,41,42)/t29-,31+,32-,33?/m0/s1. The van der Waals surface area contributed by atoms with Crippen molar-refractivity contribution in [2.24, 2.45) is 0 Å². The van der Waals surface area contributed by atoms with Crippen molar-refractivity contribution in [2.75, 3.05) is 7.11 Å². The molecule has 9 heteroatoms. The molecule has 1 saturated heterocycles. The predicted octanol–water partition coefficient (Wildman–Crippen LogP) is 5.64. The summed E-state index contributed by atoms with van der Waals surface area (Å²) in [5, 5.41) is 12.2. The highest BCUT2D eigenvalue weighted by Gasteiger charge is 2.54. The van der Waals surface area contributed by atoms with E-state index in [1.54, 1.807) is 26.2 Å². The highest BCUT2D eigenvalue weighted by Crippen LogP contribution is 2.49. The van der Waals surface area contributed by atoms with Crippen molar-refractivity contribution in [3.8, 4) is 11.5 Å². The Balaban J connectivity index is 1.61. The summed E-state index contributed by atoms with van der Waals surface area (Å²) in [6.07, 6.45) is -2.28. The first kappa shape index (κ1) is 30.4. The molecule has 0 radical (unpaired) electrons. The van der Waals surface area contributed by atoms with Gasteiger partial charge < -0.3 is 19.3 Å². The van der Waals surface area contributed by atoms with Gasteiger partial charge in [-0.25, -0.2) is 4.79 Å². The Hall–Kier alpha value is -4.63. The number of H-pyrrole nitrogens is 1. The van der Waals surface area contributed by atoms with E-state index in [0.717, 1.165) is 16.7 Å². The van der Waals surface area contributed by atoms with E-state index in [0.29, 0.717) is 22.1 Å². The van der Waals surface area contributed by atoms with Crippen molar-refractivity contribution in [1.29, 1.82) is 0 Å². The largest absolute Gasteiger partial charge is 0.497 e. The molecule has 8 nitrogen and oxygen atoms in total. The molecule has 0 amide bonds. The number of nitrogens with one attached hydrogen (secondary N) is 1. The lowest BCUT2D eigenvalue weighted by Gasteiger charge is -2.45. The minimum absolute atomic E-state index is 0.0840. The summed E-state index contributed by atoms with van der Waals surface area (Å²) in [4.78, 5) is 27.4. The molecular weight excluding hydrogens is 592 g/mol. The van der Waals surface area contributed by atoms with Gasteiger partial charge in [-0.2, -0.15) is 0 Å². The van der Waals surface area contributed by atoms with E-state index < -0.39 is 41.2 Å². The number of aliphatic hydroxyl groups excluding tert-OH is 1. The number of aliphatic hydroxyl groups is 1. The van der Waals surface area contributed by atoms with Crippen LogP contribution in [0.1, 0.15) is 34.9 Å². The number of hydrogen-bond acceptors (Lipinski definition) is 6. The van der Waals surface area contributed by atoms with Crippen LogP contribution < -0.4 is 20.7 Å². The Morgan fingerprint density at radius 2 is 1.47 bits per heavy atom. The minimum Gasteiger partial charge on any atom is -0.497 e. The van der Waals surface area contributed by atoms with Crippen LogP contribution in [0.25, 0.3) is 0 Å². The lowest BCUT2D eigenvalue weighted by molar-refractivity contribution is -0.0884. The van der Waals surface area contributed by atoms with Crippen LogP contribution >= 0.6 is 11.6 Å². The summed E-state index contributed by atoms with van der Waals surface area (Å²) >= 11 is 6.69. The SMILES string of the molecule is COc1ccc(C(c2ccccc2)(c2ccccc2)C(Oc2ccccc2Cl)[C@H]2O[C@@H](n3cc(C)c(=O)[nH]c3=O)C[C@@H]2O)cc1. The van der Waals surface area contributed by atoms with Gasteiger partial charge in [0.25, 0.3) is 5.56 Å². The fourth-order valence-corrected chi connectivity index (χ4v) is 6.43. The number of rotatable bonds is 9. The van der Waals surface area contributed by atoms with E-state index in [9.17, 15) is 14.7 Å². The van der Waals surface area contributed by atoms with Gasteiger partial charge >= 0.3 is 5.69 Å². The zero-order valence-electron chi connectivity index (χ0n) is 24.8. The first-order chi connectivity index (χ1) is 21.8. The Morgan fingerprint density at radius 1 is 0.889 bits per heavy atom. The van der Waals surface area contributed by atoms with Crippen LogP contribution in [0, 0.1) is 6.92 Å². The molecule has 1 aliphatic rings. The van der Waals surface area contributed by atoms with Crippen LogP contribution in [-0.4, -0.2) is 40.1 Å². The Labute approximate surface area is 265 Å². The molecular formula is C36H33ClN2O6. The van der Waals surface area contributed by atoms with Crippen LogP contribution in [0.15, 0.2) is 125 Å². The van der Waals surface area contributed by atoms with Gasteiger partial charge in [0.15, 0.2) is 0 Å². The number of aryl methyl sites for hydroxylation is 1. The molecule has 2 heterocycles. The van der Waals surface area contributed by atoms with Crippen LogP contribution in [0.4, 0.5) is 0 Å². The van der Waals surface area contributed by atoms with Crippen LogP contribution in [0.2, 0.25) is 5.02 Å². The van der Waals surface area contributed by atoms with Crippen molar-refractivity contribution >= 4 is 11.6 Å². The number of hydrogen-bond donors (Lipinski definition) is 2. The second kappa shape index (κ2) is 12.8. The van der Waals surface area contributed by atoms with Crippen molar-refractivity contribution in [3.05, 3.63) is 164 Å². The molecule has 1 unspecified atom stereocenters. The van der Waals surface area contributed by atoms with E-state index in [-0.39, 0.29) is 6.42 Å². The van der Waals surface area contributed by atoms with Gasteiger partial charge in [-0.1, -0.05) is 96.5 Å². The average molecular weight is 625 g/mol. The van der Waals surface area contributed by atoms with Gasteiger partial charge in [-0.3, -0.25) is 14.3 Å². The monoisotopic (exact) mass is 624 g/mol. The number of halogens is 1. The summed E-state index contributed by atoms with van der Waals surface area (Å²) in [5.74, 6) is 1.09. The maximum absolute atomic E-state index is 12.9. The normalized spacial score (nSPS) is 18.8. The number of methoxy groups -OCH3 is 1. The second-order valence-corrected chi connectivity index (χ2v) is 11.5. The van der Waals surface area contributed by atoms with Gasteiger partial charge in [-0.05, 0) is 47.9 Å². The molecule has 230 valence electrons. The summed E-state index contributed by atoms with van der Waals surface area (Å²) in [6.45, 7) is 1.61. The van der Waals surface area contributed by atoms with Crippen LogP contribution in [0.5, 0.6) is 11.5 Å². The number of benzene rings is 4. The number of ether oxygens (including phenoxy) is 3. The summed E-state index contributed by atoms with van der Waals surface area (Å²) in [7, 11) is 1.61. The zero-order chi connectivity index (χ0) is 31.6. The van der Waals surface area contributed by atoms with E-state index in [1.165, 1.54) is 10.8 Å². The average Bonchev–Trinajstić information content (AvgIpc) is 3.45. The van der Waals surface area contributed by atoms with Gasteiger partial charge in [0.05, 0.1) is 23.7 Å². The molecule has 0 aliphatic carbocycles. The van der Waals surface area contributed by atoms with Crippen molar-refractivity contribution in [3.63, 3.8) is 0 Å². The van der Waals surface area contributed by atoms with Crippen molar-refractivity contribution in [1.82, 2.24) is 9.55 Å². The van der Waals surface area contributed by atoms with E-state index in [4.69, 9.17) is 25.8 Å². The molecule has 45 heavy (non-hydrogen) atoms. The van der Waals surface area contributed by atoms with Crippen LogP contribution in [-0.2, 0) is 10.2 Å². The molecule has 2 N–H and O–H groups in total. The quantitative estimate of drug-likeness (QED) is 0.206. The van der Waals surface area contributed by atoms with Crippen molar-refractivity contribution in [2.45, 2.75) is 43.3 Å². The van der Waals surface area contributed by atoms with Crippen molar-refractivity contribution < 1.29 is 19.3 Å². The van der Waals surface area contributed by atoms with Gasteiger partial charge in [-0.15, -0.1) is 0 Å². The van der Waals surface area contributed by atoms with E-state index in [2.05, 4.69) is 4.98 Å². The Morgan fingerprint density at radius 3 is 2.07 bits per heavy atom. The number of para-hydroxylation sites is 1. The summed E-state index contributed by atoms with van der Waals surface area (Å²) in [5.41, 5.74) is 0.803. The lowest BCUT2D eigenvalue weighted by Crippen LogP contribution is -2.54. The molecule has 1 fully saturated rings. The third-order valence-corrected chi connectivity index (χ3v) is 8.72. The highest BCUT2D eigenvalue weighted by atomic mass is 35.5. The van der Waals surface area contributed by atoms with Crippen LogP contribution in [0.3, 0.4) is 0 Å². The Bertz CT molecular complexity index is 1830. The third-order valence-electron chi connectivity index (χ3n) is 8.41. The smallest absolute Gasteiger partial charge is 0.330 e. The number of aromatic amines is 1. The maximum atomic E-state index is 12.9. The summed E-state index contributed by atoms with van der Waals surface area (Å²) in [6, 6.07) is 34.7. The van der Waals surface area contributed by atoms with Gasteiger partial charge in [0.1, 0.15) is 29.9 Å². The fraction of sp³-hybridized carbons (Fsp3) is 0.222. The number of aromatic nitrogens is 2. The lowest BCUT2D eigenvalue weighted by atomic mass is 9.64. The molecule has 1 aromatic heterocycles. The van der Waals surface area contributed by atoms with E-state index in [1.807, 2.05) is 97.1 Å². The predicted molar refractivity (Wildman–Crippen MR) is 172 cm³/mol. The zero-order valence-corrected chi connectivity index (χ0v) is 25.6. The summed E-state index contributed by atoms with van der Waals surface area (Å²) < 4.78 is 20.4. The first-order valence-electron chi connectivity index (χ1n) is 14.6. The van der Waals surface area contributed by atoms with E-state index >= 15 is 0 Å². The molecule has 4 atom stereocenters. The topological polar surface area (TPSA) is 103 Å². The number of nitrogens with zero attached hydrogens (tertiary/aromatic N) is 1. The minimum atomic E-state index is -1.07. The third kappa shape index (κ3) is 5.68. The molecule has 0 saturated carbocycles. The fourth-order valence-electron chi connectivity index (χ4n) is 6.25. The van der Waals surface area contributed by atoms with Gasteiger partial charge in [0, 0.05) is 18.2 Å². The Kier molecular flexibility index (Phi) is 8.63. The maximum Gasteiger partial charge on any atom is 0.330 e. The molecule has 5 aromatic rings. The molecule has 6 rings (SSSR count). The van der Waals surface area contributed by atoms with Gasteiger partial charge in [0.2, 0.25) is 0 Å². The molecule has 0 spiro atoms. The second-order valence-electron chi connectivity index (χ2n) is 11.1. The molecule has 4 aromatic carbocycles. The molecule has 1 aliphatic heterocycles. The molecule has 0 bridgehead atoms. The highest BCUT2D eigenvalue weighted by molar-refractivity contribution is 6.32.